The molecule has 1 aliphatic rings. The predicted molar refractivity (Wildman–Crippen MR) is 136 cm³/mol. The molecule has 2 aromatic heterocycles. The molecular weight excluding hydrogens is 458 g/mol. The minimum atomic E-state index is -0.245. The lowest BCUT2D eigenvalue weighted by atomic mass is 10.1. The van der Waals surface area contributed by atoms with E-state index in [0.717, 1.165) is 11.3 Å². The molecule has 4 aromatic rings. The van der Waals surface area contributed by atoms with Gasteiger partial charge in [0, 0.05) is 50.4 Å². The average Bonchev–Trinajstić information content (AvgIpc) is 3.30. The lowest BCUT2D eigenvalue weighted by Crippen LogP contribution is -2.49. The molecule has 9 heteroatoms. The molecule has 0 spiro atoms. The standard InChI is InChI=1S/C27H27N5O4/c1-35-20-10-7-19(8-11-20)9-12-23(33)30-24-21-5-2-3-6-22(21)36-25(24)26(34)31-15-17-32(18-16-31)27-28-13-4-14-29-27/h2-8,10-11,13-14H,9,12,15-18H2,1H3,(H,30,33). The molecule has 1 N–H and O–H groups in total. The highest BCUT2D eigenvalue weighted by Crippen LogP contribution is 2.32. The van der Waals surface area contributed by atoms with E-state index in [4.69, 9.17) is 9.15 Å². The van der Waals surface area contributed by atoms with Crippen LogP contribution in [0.5, 0.6) is 5.75 Å². The van der Waals surface area contributed by atoms with E-state index >= 15 is 0 Å². The van der Waals surface area contributed by atoms with Gasteiger partial charge in [0.15, 0.2) is 0 Å². The molecule has 184 valence electrons. The molecule has 0 bridgehead atoms. The first-order valence-corrected chi connectivity index (χ1v) is 11.9. The number of ether oxygens (including phenoxy) is 1. The lowest BCUT2D eigenvalue weighted by molar-refractivity contribution is -0.116. The SMILES string of the molecule is COc1ccc(CCC(=O)Nc2c(C(=O)N3CCN(c4ncccn4)CC3)oc3ccccc23)cc1. The molecule has 2 amide bonds. The van der Waals surface area contributed by atoms with Crippen LogP contribution in [0.2, 0.25) is 0 Å². The Bertz CT molecular complexity index is 1350. The maximum absolute atomic E-state index is 13.5. The zero-order valence-corrected chi connectivity index (χ0v) is 20.0. The Morgan fingerprint density at radius 1 is 0.972 bits per heavy atom. The van der Waals surface area contributed by atoms with Crippen molar-refractivity contribution in [2.45, 2.75) is 12.8 Å². The molecule has 9 nitrogen and oxygen atoms in total. The zero-order valence-electron chi connectivity index (χ0n) is 20.0. The number of hydrogen-bond acceptors (Lipinski definition) is 7. The number of nitrogens with one attached hydrogen (secondary N) is 1. The van der Waals surface area contributed by atoms with Crippen LogP contribution in [-0.2, 0) is 11.2 Å². The second-order valence-corrected chi connectivity index (χ2v) is 8.53. The van der Waals surface area contributed by atoms with E-state index in [9.17, 15) is 9.59 Å². The van der Waals surface area contributed by atoms with Gasteiger partial charge >= 0.3 is 0 Å². The number of furan rings is 1. The van der Waals surface area contributed by atoms with Gasteiger partial charge in [0.1, 0.15) is 17.0 Å². The topological polar surface area (TPSA) is 101 Å². The van der Waals surface area contributed by atoms with Crippen LogP contribution in [0.25, 0.3) is 11.0 Å². The third-order valence-electron chi connectivity index (χ3n) is 6.26. The number of carbonyl (C=O) groups is 2. The van der Waals surface area contributed by atoms with Gasteiger partial charge in [-0.25, -0.2) is 9.97 Å². The van der Waals surface area contributed by atoms with Gasteiger partial charge in [-0.3, -0.25) is 9.59 Å². The normalized spacial score (nSPS) is 13.6. The van der Waals surface area contributed by atoms with Crippen molar-refractivity contribution < 1.29 is 18.7 Å². The number of nitrogens with zero attached hydrogens (tertiary/aromatic N) is 4. The van der Waals surface area contributed by atoms with Crippen LogP contribution >= 0.6 is 0 Å². The summed E-state index contributed by atoms with van der Waals surface area (Å²) >= 11 is 0. The molecule has 36 heavy (non-hydrogen) atoms. The Balaban J connectivity index is 1.29. The Morgan fingerprint density at radius 2 is 1.69 bits per heavy atom. The summed E-state index contributed by atoms with van der Waals surface area (Å²) in [6.45, 7) is 2.22. The van der Waals surface area contributed by atoms with Crippen LogP contribution in [0.1, 0.15) is 22.5 Å². The number of fused-ring (bicyclic) bond motifs is 1. The number of anilines is 2. The Morgan fingerprint density at radius 3 is 2.42 bits per heavy atom. The van der Waals surface area contributed by atoms with E-state index in [0.29, 0.717) is 55.2 Å². The largest absolute Gasteiger partial charge is 0.497 e. The summed E-state index contributed by atoms with van der Waals surface area (Å²) in [6.07, 6.45) is 4.25. The van der Waals surface area contributed by atoms with E-state index in [2.05, 4.69) is 15.3 Å². The van der Waals surface area contributed by atoms with Crippen LogP contribution in [0, 0.1) is 0 Å². The summed E-state index contributed by atoms with van der Waals surface area (Å²) in [7, 11) is 1.62. The minimum absolute atomic E-state index is 0.151. The van der Waals surface area contributed by atoms with Crippen molar-refractivity contribution in [3.8, 4) is 5.75 Å². The van der Waals surface area contributed by atoms with Crippen molar-refractivity contribution in [1.82, 2.24) is 14.9 Å². The van der Waals surface area contributed by atoms with Gasteiger partial charge in [-0.2, -0.15) is 0 Å². The summed E-state index contributed by atoms with van der Waals surface area (Å²) < 4.78 is 11.1. The first-order chi connectivity index (χ1) is 17.6. The van der Waals surface area contributed by atoms with Gasteiger partial charge in [-0.1, -0.05) is 24.3 Å². The van der Waals surface area contributed by atoms with E-state index < -0.39 is 0 Å². The fourth-order valence-electron chi connectivity index (χ4n) is 4.28. The van der Waals surface area contributed by atoms with Crippen molar-refractivity contribution >= 4 is 34.4 Å². The predicted octanol–water partition coefficient (Wildman–Crippen LogP) is 3.77. The van der Waals surface area contributed by atoms with Gasteiger partial charge < -0.3 is 24.3 Å². The highest BCUT2D eigenvalue weighted by molar-refractivity contribution is 6.10. The number of aromatic nitrogens is 2. The first kappa shape index (κ1) is 23.3. The van der Waals surface area contributed by atoms with Crippen LogP contribution in [0.15, 0.2) is 71.4 Å². The molecule has 1 saturated heterocycles. The number of hydrogen-bond donors (Lipinski definition) is 1. The van der Waals surface area contributed by atoms with Crippen molar-refractivity contribution in [2.75, 3.05) is 43.5 Å². The molecule has 1 aliphatic heterocycles. The Hall–Kier alpha value is -4.40. The fourth-order valence-corrected chi connectivity index (χ4v) is 4.28. The molecule has 0 aliphatic carbocycles. The van der Waals surface area contributed by atoms with Crippen molar-refractivity contribution in [3.05, 3.63) is 78.3 Å². The molecule has 0 saturated carbocycles. The fraction of sp³-hybridized carbons (Fsp3) is 0.259. The van der Waals surface area contributed by atoms with Crippen LogP contribution in [0.3, 0.4) is 0 Å². The van der Waals surface area contributed by atoms with E-state index in [1.54, 1.807) is 36.5 Å². The summed E-state index contributed by atoms with van der Waals surface area (Å²) in [5.41, 5.74) is 2.01. The monoisotopic (exact) mass is 485 g/mol. The van der Waals surface area contributed by atoms with Crippen LogP contribution in [0.4, 0.5) is 11.6 Å². The molecular formula is C27H27N5O4. The maximum Gasteiger partial charge on any atom is 0.291 e. The quantitative estimate of drug-likeness (QED) is 0.425. The smallest absolute Gasteiger partial charge is 0.291 e. The Kier molecular flexibility index (Phi) is 6.79. The van der Waals surface area contributed by atoms with E-state index in [1.807, 2.05) is 47.4 Å². The second-order valence-electron chi connectivity index (χ2n) is 8.53. The molecule has 0 unspecified atom stereocenters. The van der Waals surface area contributed by atoms with Gasteiger partial charge in [0.25, 0.3) is 5.91 Å². The van der Waals surface area contributed by atoms with Gasteiger partial charge in [-0.05, 0) is 42.3 Å². The number of para-hydroxylation sites is 1. The van der Waals surface area contributed by atoms with Crippen LogP contribution < -0.4 is 15.0 Å². The highest BCUT2D eigenvalue weighted by Gasteiger charge is 2.29. The number of benzene rings is 2. The molecule has 3 heterocycles. The second kappa shape index (κ2) is 10.5. The summed E-state index contributed by atoms with van der Waals surface area (Å²) in [4.78, 5) is 38.7. The van der Waals surface area contributed by atoms with Crippen molar-refractivity contribution in [2.24, 2.45) is 0 Å². The number of piperazine rings is 1. The molecule has 0 atom stereocenters. The van der Waals surface area contributed by atoms with Gasteiger partial charge in [0.05, 0.1) is 7.11 Å². The first-order valence-electron chi connectivity index (χ1n) is 11.9. The summed E-state index contributed by atoms with van der Waals surface area (Å²) in [6, 6.07) is 16.7. The number of carbonyl (C=O) groups excluding carboxylic acids is 2. The number of aryl methyl sites for hydroxylation is 1. The van der Waals surface area contributed by atoms with Gasteiger partial charge in [-0.15, -0.1) is 0 Å². The van der Waals surface area contributed by atoms with Crippen LogP contribution in [-0.4, -0.2) is 60.0 Å². The molecule has 0 radical (unpaired) electrons. The van der Waals surface area contributed by atoms with E-state index in [-0.39, 0.29) is 24.0 Å². The lowest BCUT2D eigenvalue weighted by Gasteiger charge is -2.34. The molecule has 2 aromatic carbocycles. The number of rotatable bonds is 7. The minimum Gasteiger partial charge on any atom is -0.497 e. The van der Waals surface area contributed by atoms with Gasteiger partial charge in [0.2, 0.25) is 17.6 Å². The van der Waals surface area contributed by atoms with Crippen molar-refractivity contribution in [1.29, 1.82) is 0 Å². The number of methoxy groups -OCH3 is 1. The van der Waals surface area contributed by atoms with E-state index in [1.165, 1.54) is 0 Å². The maximum atomic E-state index is 13.5. The average molecular weight is 486 g/mol. The van der Waals surface area contributed by atoms with Crippen molar-refractivity contribution in [3.63, 3.8) is 0 Å². The zero-order chi connectivity index (χ0) is 24.9. The summed E-state index contributed by atoms with van der Waals surface area (Å²) in [5, 5.41) is 3.65. The Labute approximate surface area is 208 Å². The highest BCUT2D eigenvalue weighted by atomic mass is 16.5. The molecule has 1 fully saturated rings. The third kappa shape index (κ3) is 5.00. The third-order valence-corrected chi connectivity index (χ3v) is 6.26. The summed E-state index contributed by atoms with van der Waals surface area (Å²) in [5.74, 6) is 1.15. The number of amides is 2. The molecule has 5 rings (SSSR count).